The molecule has 7 heteroatoms. The molecule has 3 rings (SSSR count). The van der Waals surface area contributed by atoms with E-state index < -0.39 is 17.6 Å². The number of carbonyl (C=O) groups is 1. The van der Waals surface area contributed by atoms with Crippen LogP contribution in [0.3, 0.4) is 0 Å². The maximum absolute atomic E-state index is 13.1. The highest BCUT2D eigenvalue weighted by Gasteiger charge is 2.33. The standard InChI is InChI=1S/C21H24F3N3O/c1-15-7-9-17(10-8-15)27-12-11-26(13-16(27)2)14-20(28)25-19-6-4-3-5-18(19)21(22,23)24/h3-10,16H,11-14H2,1-2H3,(H,25,28). The van der Waals surface area contributed by atoms with Crippen LogP contribution in [0.5, 0.6) is 0 Å². The molecule has 1 aliphatic heterocycles. The van der Waals surface area contributed by atoms with Gasteiger partial charge in [-0.15, -0.1) is 0 Å². The van der Waals surface area contributed by atoms with E-state index in [0.717, 1.165) is 18.3 Å². The number of alkyl halides is 3. The Hall–Kier alpha value is -2.54. The van der Waals surface area contributed by atoms with Crippen molar-refractivity contribution in [3.05, 3.63) is 59.7 Å². The van der Waals surface area contributed by atoms with Crippen molar-refractivity contribution >= 4 is 17.3 Å². The van der Waals surface area contributed by atoms with Crippen molar-refractivity contribution in [2.24, 2.45) is 0 Å². The van der Waals surface area contributed by atoms with Crippen LogP contribution in [0.25, 0.3) is 0 Å². The van der Waals surface area contributed by atoms with Gasteiger partial charge in [-0.25, -0.2) is 0 Å². The lowest BCUT2D eigenvalue weighted by Crippen LogP contribution is -2.53. The third kappa shape index (κ3) is 4.84. The second-order valence-corrected chi connectivity index (χ2v) is 7.20. The second kappa shape index (κ2) is 8.22. The summed E-state index contributed by atoms with van der Waals surface area (Å²) in [5.74, 6) is -0.437. The number of hydrogen-bond donors (Lipinski definition) is 1. The number of anilines is 2. The number of piperazine rings is 1. The van der Waals surface area contributed by atoms with Crippen molar-refractivity contribution in [1.82, 2.24) is 4.90 Å². The van der Waals surface area contributed by atoms with Gasteiger partial charge in [0.05, 0.1) is 17.8 Å². The molecular weight excluding hydrogens is 367 g/mol. The molecule has 1 atom stereocenters. The normalized spacial score (nSPS) is 18.2. The molecular formula is C21H24F3N3O. The molecule has 4 nitrogen and oxygen atoms in total. The van der Waals surface area contributed by atoms with Crippen molar-refractivity contribution in [3.8, 4) is 0 Å². The average Bonchev–Trinajstić information content (AvgIpc) is 2.62. The van der Waals surface area contributed by atoms with Gasteiger partial charge in [-0.05, 0) is 38.1 Å². The molecule has 28 heavy (non-hydrogen) atoms. The molecule has 0 saturated carbocycles. The number of amides is 1. The van der Waals surface area contributed by atoms with E-state index in [1.807, 2.05) is 11.8 Å². The fraction of sp³-hybridized carbons (Fsp3) is 0.381. The Labute approximate surface area is 162 Å². The van der Waals surface area contributed by atoms with Gasteiger partial charge in [0, 0.05) is 31.4 Å². The Kier molecular flexibility index (Phi) is 5.93. The lowest BCUT2D eigenvalue weighted by Gasteiger charge is -2.41. The number of rotatable bonds is 4. The summed E-state index contributed by atoms with van der Waals surface area (Å²) < 4.78 is 39.2. The van der Waals surface area contributed by atoms with Crippen LogP contribution in [0.4, 0.5) is 24.5 Å². The second-order valence-electron chi connectivity index (χ2n) is 7.20. The van der Waals surface area contributed by atoms with Gasteiger partial charge < -0.3 is 10.2 Å². The zero-order valence-electron chi connectivity index (χ0n) is 16.0. The van der Waals surface area contributed by atoms with Gasteiger partial charge in [-0.1, -0.05) is 29.8 Å². The third-order valence-corrected chi connectivity index (χ3v) is 4.95. The number of halogens is 3. The quantitative estimate of drug-likeness (QED) is 0.850. The first kappa shape index (κ1) is 20.2. The molecule has 1 aliphatic rings. The Bertz CT molecular complexity index is 820. The van der Waals surface area contributed by atoms with Gasteiger partial charge in [0.15, 0.2) is 0 Å². The molecule has 0 aromatic heterocycles. The van der Waals surface area contributed by atoms with E-state index >= 15 is 0 Å². The minimum Gasteiger partial charge on any atom is -0.366 e. The Morgan fingerprint density at radius 1 is 1.11 bits per heavy atom. The fourth-order valence-electron chi connectivity index (χ4n) is 3.53. The highest BCUT2D eigenvalue weighted by atomic mass is 19.4. The van der Waals surface area contributed by atoms with Crippen molar-refractivity contribution in [1.29, 1.82) is 0 Å². The summed E-state index contributed by atoms with van der Waals surface area (Å²) in [6.07, 6.45) is -4.50. The van der Waals surface area contributed by atoms with Gasteiger partial charge in [-0.3, -0.25) is 9.69 Å². The van der Waals surface area contributed by atoms with Gasteiger partial charge in [0.1, 0.15) is 0 Å². The molecule has 1 N–H and O–H groups in total. The van der Waals surface area contributed by atoms with Crippen LogP contribution < -0.4 is 10.2 Å². The summed E-state index contributed by atoms with van der Waals surface area (Å²) in [6.45, 7) is 6.30. The van der Waals surface area contributed by atoms with E-state index in [1.165, 1.54) is 23.8 Å². The number of carbonyl (C=O) groups excluding carboxylic acids is 1. The summed E-state index contributed by atoms with van der Waals surface area (Å²) in [7, 11) is 0. The SMILES string of the molecule is Cc1ccc(N2CCN(CC(=O)Nc3ccccc3C(F)(F)F)CC2C)cc1. The Morgan fingerprint density at radius 2 is 1.79 bits per heavy atom. The zero-order valence-corrected chi connectivity index (χ0v) is 16.0. The monoisotopic (exact) mass is 391 g/mol. The molecule has 2 aromatic carbocycles. The number of nitrogens with zero attached hydrogens (tertiary/aromatic N) is 2. The molecule has 1 fully saturated rings. The minimum absolute atomic E-state index is 0.0677. The summed E-state index contributed by atoms with van der Waals surface area (Å²) in [6, 6.07) is 13.5. The summed E-state index contributed by atoms with van der Waals surface area (Å²) in [5.41, 5.74) is 1.31. The van der Waals surface area contributed by atoms with E-state index in [0.29, 0.717) is 13.1 Å². The molecule has 1 unspecified atom stereocenters. The number of benzene rings is 2. The third-order valence-electron chi connectivity index (χ3n) is 4.95. The number of nitrogens with one attached hydrogen (secondary N) is 1. The van der Waals surface area contributed by atoms with Gasteiger partial charge in [0.25, 0.3) is 0 Å². The van der Waals surface area contributed by atoms with E-state index in [4.69, 9.17) is 0 Å². The minimum atomic E-state index is -4.50. The predicted molar refractivity (Wildman–Crippen MR) is 105 cm³/mol. The first-order chi connectivity index (χ1) is 13.2. The first-order valence-corrected chi connectivity index (χ1v) is 9.26. The van der Waals surface area contributed by atoms with E-state index in [9.17, 15) is 18.0 Å². The molecule has 0 spiro atoms. The molecule has 0 radical (unpaired) electrons. The molecule has 0 aliphatic carbocycles. The fourth-order valence-corrected chi connectivity index (χ4v) is 3.53. The maximum Gasteiger partial charge on any atom is 0.418 e. The van der Waals surface area contributed by atoms with Crippen LogP contribution in [0.2, 0.25) is 0 Å². The van der Waals surface area contributed by atoms with Crippen LogP contribution >= 0.6 is 0 Å². The Balaban J connectivity index is 1.59. The molecule has 150 valence electrons. The largest absolute Gasteiger partial charge is 0.418 e. The molecule has 1 amide bonds. The maximum atomic E-state index is 13.1. The summed E-state index contributed by atoms with van der Waals surface area (Å²) in [5, 5.41) is 2.41. The number of hydrogen-bond acceptors (Lipinski definition) is 3. The molecule has 0 bridgehead atoms. The van der Waals surface area contributed by atoms with E-state index in [1.54, 1.807) is 0 Å². The van der Waals surface area contributed by atoms with Crippen molar-refractivity contribution in [3.63, 3.8) is 0 Å². The first-order valence-electron chi connectivity index (χ1n) is 9.26. The van der Waals surface area contributed by atoms with Crippen LogP contribution in [-0.4, -0.2) is 43.0 Å². The number of para-hydroxylation sites is 1. The molecule has 1 heterocycles. The lowest BCUT2D eigenvalue weighted by atomic mass is 10.1. The number of aryl methyl sites for hydroxylation is 1. The van der Waals surface area contributed by atoms with Gasteiger partial charge in [0.2, 0.25) is 5.91 Å². The van der Waals surface area contributed by atoms with Crippen LogP contribution in [0.15, 0.2) is 48.5 Å². The lowest BCUT2D eigenvalue weighted by molar-refractivity contribution is -0.137. The molecule has 2 aromatic rings. The van der Waals surface area contributed by atoms with Crippen molar-refractivity contribution in [2.75, 3.05) is 36.4 Å². The predicted octanol–water partition coefficient (Wildman–Crippen LogP) is 4.16. The van der Waals surface area contributed by atoms with Crippen LogP contribution in [0, 0.1) is 6.92 Å². The van der Waals surface area contributed by atoms with Crippen LogP contribution in [-0.2, 0) is 11.0 Å². The van der Waals surface area contributed by atoms with Gasteiger partial charge >= 0.3 is 6.18 Å². The van der Waals surface area contributed by atoms with Crippen molar-refractivity contribution in [2.45, 2.75) is 26.1 Å². The average molecular weight is 391 g/mol. The smallest absolute Gasteiger partial charge is 0.366 e. The zero-order chi connectivity index (χ0) is 20.3. The highest BCUT2D eigenvalue weighted by molar-refractivity contribution is 5.93. The molecule has 1 saturated heterocycles. The van der Waals surface area contributed by atoms with E-state index in [-0.39, 0.29) is 18.3 Å². The summed E-state index contributed by atoms with van der Waals surface area (Å²) >= 11 is 0. The van der Waals surface area contributed by atoms with Crippen molar-refractivity contribution < 1.29 is 18.0 Å². The summed E-state index contributed by atoms with van der Waals surface area (Å²) in [4.78, 5) is 16.6. The Morgan fingerprint density at radius 3 is 2.43 bits per heavy atom. The topological polar surface area (TPSA) is 35.6 Å². The highest BCUT2D eigenvalue weighted by Crippen LogP contribution is 2.34. The van der Waals surface area contributed by atoms with Gasteiger partial charge in [-0.2, -0.15) is 13.2 Å². The van der Waals surface area contributed by atoms with Crippen LogP contribution in [0.1, 0.15) is 18.1 Å². The van der Waals surface area contributed by atoms with E-state index in [2.05, 4.69) is 41.4 Å².